The van der Waals surface area contributed by atoms with Crippen LogP contribution in [-0.4, -0.2) is 49.4 Å². The van der Waals surface area contributed by atoms with Gasteiger partial charge in [-0.1, -0.05) is 23.7 Å². The number of anilines is 1. The smallest absolute Gasteiger partial charge is 0.257 e. The van der Waals surface area contributed by atoms with Gasteiger partial charge in [-0.2, -0.15) is 0 Å². The van der Waals surface area contributed by atoms with Crippen molar-refractivity contribution in [2.24, 2.45) is 0 Å². The molecular formula is C29H28ClN5O3. The number of amides is 2. The van der Waals surface area contributed by atoms with Gasteiger partial charge in [-0.25, -0.2) is 4.98 Å². The number of carbonyl (C=O) groups is 2. The molecule has 38 heavy (non-hydrogen) atoms. The van der Waals surface area contributed by atoms with Crippen LogP contribution in [0.4, 0.5) is 5.69 Å². The van der Waals surface area contributed by atoms with Crippen molar-refractivity contribution in [2.45, 2.75) is 31.8 Å². The van der Waals surface area contributed by atoms with E-state index in [1.807, 2.05) is 54.1 Å². The fourth-order valence-corrected chi connectivity index (χ4v) is 4.87. The first-order chi connectivity index (χ1) is 18.4. The van der Waals surface area contributed by atoms with E-state index in [-0.39, 0.29) is 17.7 Å². The number of halogens is 1. The first-order valence-corrected chi connectivity index (χ1v) is 12.9. The molecule has 4 aromatic rings. The molecule has 5 rings (SSSR count). The molecule has 1 atom stereocenters. The second-order valence-corrected chi connectivity index (χ2v) is 9.85. The summed E-state index contributed by atoms with van der Waals surface area (Å²) in [6.07, 6.45) is 5.35. The zero-order valence-corrected chi connectivity index (χ0v) is 21.7. The maximum atomic E-state index is 13.3. The predicted molar refractivity (Wildman–Crippen MR) is 145 cm³/mol. The van der Waals surface area contributed by atoms with Crippen LogP contribution in [0.3, 0.4) is 0 Å². The van der Waals surface area contributed by atoms with Gasteiger partial charge < -0.3 is 19.9 Å². The minimum atomic E-state index is -1.23. The van der Waals surface area contributed by atoms with Gasteiger partial charge in [0.2, 0.25) is 0 Å². The first-order valence-electron chi connectivity index (χ1n) is 12.5. The number of aliphatic hydroxyl groups excluding tert-OH is 1. The molecule has 0 radical (unpaired) electrons. The third-order valence-corrected chi connectivity index (χ3v) is 7.10. The minimum Gasteiger partial charge on any atom is -0.378 e. The van der Waals surface area contributed by atoms with Gasteiger partial charge in [-0.3, -0.25) is 14.6 Å². The molecule has 1 saturated heterocycles. The number of nitrogens with zero attached hydrogens (tertiary/aromatic N) is 4. The van der Waals surface area contributed by atoms with Gasteiger partial charge in [0, 0.05) is 53.5 Å². The second-order valence-electron chi connectivity index (χ2n) is 9.41. The summed E-state index contributed by atoms with van der Waals surface area (Å²) in [5.41, 5.74) is 4.24. The average Bonchev–Trinajstić information content (AvgIpc) is 3.48. The van der Waals surface area contributed by atoms with Gasteiger partial charge in [0.1, 0.15) is 0 Å². The van der Waals surface area contributed by atoms with Gasteiger partial charge in [0.25, 0.3) is 11.8 Å². The van der Waals surface area contributed by atoms with Crippen LogP contribution >= 0.6 is 11.6 Å². The summed E-state index contributed by atoms with van der Waals surface area (Å²) >= 11 is 5.92. The van der Waals surface area contributed by atoms with E-state index in [4.69, 9.17) is 16.6 Å². The standard InChI is InChI=1S/C29H28ClN5O3/c1-19-2-11-25(28(37)33-23-7-9-24(10-8-23)35-17-14-31-18-35)26(32-19)20-12-15-34(16-13-20)29(38)27(36)21-3-5-22(30)6-4-21/h2-11,14,17-18,20,27,36H,12-13,15-16H2,1H3,(H,33,37). The van der Waals surface area contributed by atoms with Crippen molar-refractivity contribution in [3.05, 3.63) is 107 Å². The van der Waals surface area contributed by atoms with Gasteiger partial charge in [0.05, 0.1) is 17.6 Å². The monoisotopic (exact) mass is 529 g/mol. The lowest BCUT2D eigenvalue weighted by Crippen LogP contribution is -2.41. The van der Waals surface area contributed by atoms with Crippen LogP contribution in [0.1, 0.15) is 52.2 Å². The number of hydrogen-bond acceptors (Lipinski definition) is 5. The number of carbonyl (C=O) groups excluding carboxylic acids is 2. The summed E-state index contributed by atoms with van der Waals surface area (Å²) in [5, 5.41) is 14.1. The van der Waals surface area contributed by atoms with Crippen molar-refractivity contribution < 1.29 is 14.7 Å². The van der Waals surface area contributed by atoms with E-state index >= 15 is 0 Å². The van der Waals surface area contributed by atoms with Gasteiger partial charge in [-0.05, 0) is 73.9 Å². The molecular weight excluding hydrogens is 502 g/mol. The van der Waals surface area contributed by atoms with E-state index in [0.29, 0.717) is 47.8 Å². The average molecular weight is 530 g/mol. The van der Waals surface area contributed by atoms with E-state index in [0.717, 1.165) is 17.1 Å². The first kappa shape index (κ1) is 25.6. The Labute approximate surface area is 225 Å². The number of aryl methyl sites for hydroxylation is 1. The van der Waals surface area contributed by atoms with Gasteiger partial charge >= 0.3 is 0 Å². The van der Waals surface area contributed by atoms with Crippen molar-refractivity contribution >= 4 is 29.1 Å². The normalized spacial score (nSPS) is 14.8. The summed E-state index contributed by atoms with van der Waals surface area (Å²) in [4.78, 5) is 36.7. The van der Waals surface area contributed by atoms with Gasteiger partial charge in [-0.15, -0.1) is 0 Å². The van der Waals surface area contributed by atoms with Crippen LogP contribution in [0.15, 0.2) is 79.4 Å². The molecule has 0 spiro atoms. The Bertz CT molecular complexity index is 1410. The van der Waals surface area contributed by atoms with E-state index < -0.39 is 6.10 Å². The lowest BCUT2D eigenvalue weighted by atomic mass is 9.89. The number of piperidine rings is 1. The van der Waals surface area contributed by atoms with Crippen LogP contribution in [-0.2, 0) is 4.79 Å². The molecule has 1 unspecified atom stereocenters. The van der Waals surface area contributed by atoms with E-state index in [1.165, 1.54) is 0 Å². The van der Waals surface area contributed by atoms with Crippen LogP contribution in [0.2, 0.25) is 5.02 Å². The number of nitrogens with one attached hydrogen (secondary N) is 1. The topological polar surface area (TPSA) is 100 Å². The highest BCUT2D eigenvalue weighted by molar-refractivity contribution is 6.30. The molecule has 2 aromatic carbocycles. The molecule has 0 bridgehead atoms. The summed E-state index contributed by atoms with van der Waals surface area (Å²) in [7, 11) is 0. The highest BCUT2D eigenvalue weighted by atomic mass is 35.5. The molecule has 1 aliphatic heterocycles. The van der Waals surface area contributed by atoms with Crippen LogP contribution in [0.25, 0.3) is 5.69 Å². The Balaban J connectivity index is 1.26. The molecule has 2 amide bonds. The Hall–Kier alpha value is -4.01. The SMILES string of the molecule is Cc1ccc(C(=O)Nc2ccc(-n3ccnc3)cc2)c(C2CCN(C(=O)C(O)c3ccc(Cl)cc3)CC2)n1. The van der Waals surface area contributed by atoms with Crippen molar-refractivity contribution in [2.75, 3.05) is 18.4 Å². The summed E-state index contributed by atoms with van der Waals surface area (Å²) < 4.78 is 1.89. The maximum Gasteiger partial charge on any atom is 0.257 e. The number of rotatable bonds is 6. The maximum absolute atomic E-state index is 13.3. The Morgan fingerprint density at radius 3 is 2.39 bits per heavy atom. The number of aliphatic hydroxyl groups is 1. The molecule has 2 aromatic heterocycles. The van der Waals surface area contributed by atoms with E-state index in [1.54, 1.807) is 41.7 Å². The van der Waals surface area contributed by atoms with Crippen molar-refractivity contribution in [1.82, 2.24) is 19.4 Å². The van der Waals surface area contributed by atoms with Gasteiger partial charge in [0.15, 0.2) is 6.10 Å². The van der Waals surface area contributed by atoms with Crippen molar-refractivity contribution in [1.29, 1.82) is 0 Å². The molecule has 1 aliphatic rings. The number of hydrogen-bond donors (Lipinski definition) is 2. The minimum absolute atomic E-state index is 0.0241. The highest BCUT2D eigenvalue weighted by Gasteiger charge is 2.31. The Morgan fingerprint density at radius 1 is 1.03 bits per heavy atom. The molecule has 0 saturated carbocycles. The van der Waals surface area contributed by atoms with Crippen LogP contribution < -0.4 is 5.32 Å². The molecule has 8 nitrogen and oxygen atoms in total. The molecule has 1 fully saturated rings. The van der Waals surface area contributed by atoms with Crippen molar-refractivity contribution in [3.8, 4) is 5.69 Å². The molecule has 3 heterocycles. The fraction of sp³-hybridized carbons (Fsp3) is 0.241. The predicted octanol–water partition coefficient (Wildman–Crippen LogP) is 4.92. The number of pyridine rings is 1. The number of likely N-dealkylation sites (tertiary alicyclic amines) is 1. The molecule has 194 valence electrons. The lowest BCUT2D eigenvalue weighted by molar-refractivity contribution is -0.141. The summed E-state index contributed by atoms with van der Waals surface area (Å²) in [6.45, 7) is 2.85. The van der Waals surface area contributed by atoms with Crippen LogP contribution in [0, 0.1) is 6.92 Å². The zero-order valence-electron chi connectivity index (χ0n) is 20.9. The lowest BCUT2D eigenvalue weighted by Gasteiger charge is -2.33. The zero-order chi connectivity index (χ0) is 26.6. The Morgan fingerprint density at radius 2 is 1.74 bits per heavy atom. The van der Waals surface area contributed by atoms with E-state index in [2.05, 4.69) is 10.3 Å². The van der Waals surface area contributed by atoms with Crippen LogP contribution in [0.5, 0.6) is 0 Å². The fourth-order valence-electron chi connectivity index (χ4n) is 4.74. The quantitative estimate of drug-likeness (QED) is 0.369. The Kier molecular flexibility index (Phi) is 7.53. The molecule has 0 aliphatic carbocycles. The number of benzene rings is 2. The third-order valence-electron chi connectivity index (χ3n) is 6.85. The molecule has 9 heteroatoms. The summed E-state index contributed by atoms with van der Waals surface area (Å²) in [6, 6.07) is 17.8. The highest BCUT2D eigenvalue weighted by Crippen LogP contribution is 2.31. The second kappa shape index (κ2) is 11.2. The number of imidazole rings is 1. The summed E-state index contributed by atoms with van der Waals surface area (Å²) in [5.74, 6) is -0.532. The van der Waals surface area contributed by atoms with E-state index in [9.17, 15) is 14.7 Å². The third kappa shape index (κ3) is 5.61. The number of aromatic nitrogens is 3. The molecule has 2 N–H and O–H groups in total. The van der Waals surface area contributed by atoms with Crippen molar-refractivity contribution in [3.63, 3.8) is 0 Å². The largest absolute Gasteiger partial charge is 0.378 e.